The molecule has 0 aliphatic heterocycles. The van der Waals surface area contributed by atoms with Crippen LogP contribution in [0.5, 0.6) is 0 Å². The van der Waals surface area contributed by atoms with E-state index in [0.717, 1.165) is 12.8 Å². The second-order valence-corrected chi connectivity index (χ2v) is 8.94. The number of unbranched alkanes of at least 4 members (excludes halogenated alkanes) is 11. The van der Waals surface area contributed by atoms with Crippen LogP contribution in [0, 0.1) is 0 Å². The first-order valence-electron chi connectivity index (χ1n) is 12.4. The molecule has 4 heteroatoms. The number of hydrogen-bond acceptors (Lipinski definition) is 4. The van der Waals surface area contributed by atoms with Crippen molar-refractivity contribution in [2.24, 2.45) is 0 Å². The minimum Gasteiger partial charge on any atom is -0.493 e. The van der Waals surface area contributed by atoms with Gasteiger partial charge in [0.05, 0.1) is 7.11 Å². The third kappa shape index (κ3) is 11.5. The van der Waals surface area contributed by atoms with Crippen LogP contribution in [0.15, 0.2) is 35.1 Å². The predicted octanol–water partition coefficient (Wildman–Crippen LogP) is 6.56. The van der Waals surface area contributed by atoms with Crippen molar-refractivity contribution in [2.75, 3.05) is 27.7 Å². The zero-order chi connectivity index (χ0) is 22.9. The van der Waals surface area contributed by atoms with Crippen LogP contribution in [-0.4, -0.2) is 44.2 Å². The van der Waals surface area contributed by atoms with Crippen molar-refractivity contribution in [2.45, 2.75) is 96.8 Å². The standard InChI is InChI=1S/C27H45NO3/c1-5-6-7-8-9-10-11-12-13-14-15-16-17-18-19-20-23-24(22-28(2)3)25(29)21-26(31-4)27(23)30/h10-11,21H,5-9,12-20,22H2,1-4H3/b11-10+. The molecular weight excluding hydrogens is 386 g/mol. The molecular formula is C27H45NO3. The Morgan fingerprint density at radius 3 is 1.90 bits per heavy atom. The van der Waals surface area contributed by atoms with Crippen molar-refractivity contribution in [3.63, 3.8) is 0 Å². The fraction of sp³-hybridized carbons (Fsp3) is 0.704. The first-order chi connectivity index (χ1) is 15.0. The predicted molar refractivity (Wildman–Crippen MR) is 130 cm³/mol. The van der Waals surface area contributed by atoms with Gasteiger partial charge in [-0.15, -0.1) is 0 Å². The normalized spacial score (nSPS) is 14.8. The van der Waals surface area contributed by atoms with Gasteiger partial charge in [-0.2, -0.15) is 0 Å². The molecule has 0 atom stereocenters. The van der Waals surface area contributed by atoms with E-state index in [-0.39, 0.29) is 17.3 Å². The summed E-state index contributed by atoms with van der Waals surface area (Å²) in [5.74, 6) is -0.0231. The minimum absolute atomic E-state index is 0.0878. The molecule has 0 aromatic heterocycles. The molecule has 0 spiro atoms. The van der Waals surface area contributed by atoms with Crippen molar-refractivity contribution < 1.29 is 14.3 Å². The van der Waals surface area contributed by atoms with Gasteiger partial charge in [-0.05, 0) is 52.6 Å². The number of hydrogen-bond donors (Lipinski definition) is 0. The Bertz CT molecular complexity index is 628. The number of carbonyl (C=O) groups excluding carboxylic acids is 2. The van der Waals surface area contributed by atoms with Crippen molar-refractivity contribution in [1.82, 2.24) is 4.90 Å². The fourth-order valence-electron chi connectivity index (χ4n) is 3.98. The Labute approximate surface area is 190 Å². The van der Waals surface area contributed by atoms with Crippen LogP contribution in [0.3, 0.4) is 0 Å². The van der Waals surface area contributed by atoms with Crippen LogP contribution in [0.2, 0.25) is 0 Å². The van der Waals surface area contributed by atoms with E-state index in [0.29, 0.717) is 24.1 Å². The maximum atomic E-state index is 12.6. The third-order valence-corrected chi connectivity index (χ3v) is 5.80. The van der Waals surface area contributed by atoms with Gasteiger partial charge in [0.1, 0.15) is 0 Å². The topological polar surface area (TPSA) is 46.6 Å². The molecule has 0 amide bonds. The molecule has 0 saturated carbocycles. The highest BCUT2D eigenvalue weighted by Gasteiger charge is 2.28. The van der Waals surface area contributed by atoms with Gasteiger partial charge in [0, 0.05) is 23.8 Å². The third-order valence-electron chi connectivity index (χ3n) is 5.80. The second-order valence-electron chi connectivity index (χ2n) is 8.94. The number of allylic oxidation sites excluding steroid dienone is 4. The number of ether oxygens (including phenoxy) is 1. The van der Waals surface area contributed by atoms with E-state index in [1.807, 2.05) is 19.0 Å². The van der Waals surface area contributed by atoms with Gasteiger partial charge < -0.3 is 9.64 Å². The summed E-state index contributed by atoms with van der Waals surface area (Å²) < 4.78 is 5.12. The Balaban J connectivity index is 2.20. The van der Waals surface area contributed by atoms with E-state index < -0.39 is 0 Å². The number of carbonyl (C=O) groups is 2. The lowest BCUT2D eigenvalue weighted by Crippen LogP contribution is -2.27. The van der Waals surface area contributed by atoms with E-state index in [4.69, 9.17) is 4.74 Å². The van der Waals surface area contributed by atoms with Crippen LogP contribution in [0.25, 0.3) is 0 Å². The number of Topliss-reactive ketones (excluding diaryl/α,β-unsaturated/α-hetero) is 1. The van der Waals surface area contributed by atoms with Gasteiger partial charge in [-0.25, -0.2) is 0 Å². The molecule has 0 bridgehead atoms. The molecule has 0 N–H and O–H groups in total. The number of nitrogens with zero attached hydrogens (tertiary/aromatic N) is 1. The van der Waals surface area contributed by atoms with E-state index in [1.165, 1.54) is 83.8 Å². The SMILES string of the molecule is CCCCCC/C=C/CCCCCCCCCC1=C(CN(C)C)C(=O)C=C(OC)C1=O. The summed E-state index contributed by atoms with van der Waals surface area (Å²) in [6.45, 7) is 2.76. The lowest BCUT2D eigenvalue weighted by Gasteiger charge is -2.21. The zero-order valence-corrected chi connectivity index (χ0v) is 20.5. The van der Waals surface area contributed by atoms with Crippen LogP contribution in [-0.2, 0) is 14.3 Å². The van der Waals surface area contributed by atoms with Crippen molar-refractivity contribution in [1.29, 1.82) is 0 Å². The summed E-state index contributed by atoms with van der Waals surface area (Å²) >= 11 is 0. The maximum Gasteiger partial charge on any atom is 0.224 e. The van der Waals surface area contributed by atoms with E-state index in [2.05, 4.69) is 19.1 Å². The van der Waals surface area contributed by atoms with Crippen molar-refractivity contribution in [3.05, 3.63) is 35.1 Å². The van der Waals surface area contributed by atoms with E-state index >= 15 is 0 Å². The summed E-state index contributed by atoms with van der Waals surface area (Å²) in [4.78, 5) is 27.0. The lowest BCUT2D eigenvalue weighted by molar-refractivity contribution is -0.118. The molecule has 31 heavy (non-hydrogen) atoms. The summed E-state index contributed by atoms with van der Waals surface area (Å²) in [5, 5.41) is 0. The molecule has 0 radical (unpaired) electrons. The molecule has 176 valence electrons. The largest absolute Gasteiger partial charge is 0.493 e. The van der Waals surface area contributed by atoms with E-state index in [1.54, 1.807) is 0 Å². The summed E-state index contributed by atoms with van der Waals surface area (Å²) in [6, 6.07) is 0. The molecule has 0 heterocycles. The first kappa shape index (κ1) is 27.4. The maximum absolute atomic E-state index is 12.6. The molecule has 1 aliphatic rings. The highest BCUT2D eigenvalue weighted by Crippen LogP contribution is 2.25. The summed E-state index contributed by atoms with van der Waals surface area (Å²) in [6.07, 6.45) is 22.9. The van der Waals surface area contributed by atoms with Gasteiger partial charge in [0.25, 0.3) is 0 Å². The zero-order valence-electron chi connectivity index (χ0n) is 20.5. The number of likely N-dealkylation sites (N-methyl/N-ethyl adjacent to an activating group) is 1. The average molecular weight is 432 g/mol. The van der Waals surface area contributed by atoms with Crippen LogP contribution in [0.4, 0.5) is 0 Å². The van der Waals surface area contributed by atoms with Gasteiger partial charge >= 0.3 is 0 Å². The van der Waals surface area contributed by atoms with E-state index in [9.17, 15) is 9.59 Å². The Morgan fingerprint density at radius 1 is 0.806 bits per heavy atom. The molecule has 0 aromatic carbocycles. The molecule has 0 fully saturated rings. The van der Waals surface area contributed by atoms with Gasteiger partial charge in [0.15, 0.2) is 11.5 Å². The molecule has 4 nitrogen and oxygen atoms in total. The quantitative estimate of drug-likeness (QED) is 0.140. The first-order valence-corrected chi connectivity index (χ1v) is 12.4. The smallest absolute Gasteiger partial charge is 0.224 e. The monoisotopic (exact) mass is 431 g/mol. The number of methoxy groups -OCH3 is 1. The summed E-state index contributed by atoms with van der Waals surface area (Å²) in [5.41, 5.74) is 1.29. The van der Waals surface area contributed by atoms with Gasteiger partial charge in [-0.3, -0.25) is 9.59 Å². The second kappa shape index (κ2) is 16.9. The Kier molecular flexibility index (Phi) is 15.0. The van der Waals surface area contributed by atoms with Gasteiger partial charge in [0.2, 0.25) is 5.78 Å². The molecule has 0 saturated heterocycles. The van der Waals surface area contributed by atoms with Crippen molar-refractivity contribution >= 4 is 11.6 Å². The Morgan fingerprint density at radius 2 is 1.35 bits per heavy atom. The van der Waals surface area contributed by atoms with Crippen LogP contribution >= 0.6 is 0 Å². The number of rotatable bonds is 18. The highest BCUT2D eigenvalue weighted by molar-refractivity contribution is 6.22. The Hall–Kier alpha value is -1.68. The fourth-order valence-corrected chi connectivity index (χ4v) is 3.98. The average Bonchev–Trinajstić information content (AvgIpc) is 2.74. The molecule has 1 rings (SSSR count). The minimum atomic E-state index is -0.114. The van der Waals surface area contributed by atoms with Crippen molar-refractivity contribution in [3.8, 4) is 0 Å². The highest BCUT2D eigenvalue weighted by atomic mass is 16.5. The van der Waals surface area contributed by atoms with Crippen LogP contribution < -0.4 is 0 Å². The summed E-state index contributed by atoms with van der Waals surface area (Å²) in [7, 11) is 5.29. The molecule has 1 aliphatic carbocycles. The molecule has 0 unspecified atom stereocenters. The van der Waals surface area contributed by atoms with Crippen LogP contribution in [0.1, 0.15) is 96.8 Å². The van der Waals surface area contributed by atoms with Gasteiger partial charge in [-0.1, -0.05) is 70.4 Å². The number of ketones is 2. The lowest BCUT2D eigenvalue weighted by atomic mass is 9.89. The molecule has 0 aromatic rings.